The van der Waals surface area contributed by atoms with E-state index in [0.29, 0.717) is 0 Å². The molecule has 0 radical (unpaired) electrons. The number of fused-ring (bicyclic) bond motifs is 1. The van der Waals surface area contributed by atoms with E-state index in [1.807, 2.05) is 18.7 Å². The highest BCUT2D eigenvalue weighted by atomic mass is 32.2. The molecular weight excluding hydrogens is 228 g/mol. The summed E-state index contributed by atoms with van der Waals surface area (Å²) in [6, 6.07) is 8.94. The maximum atomic E-state index is 8.67. The lowest BCUT2D eigenvalue weighted by Crippen LogP contribution is -2.26. The van der Waals surface area contributed by atoms with Gasteiger partial charge < -0.3 is 5.32 Å². The Morgan fingerprint density at radius 2 is 2.41 bits per heavy atom. The van der Waals surface area contributed by atoms with Crippen LogP contribution in [0.5, 0.6) is 0 Å². The van der Waals surface area contributed by atoms with Gasteiger partial charge in [-0.25, -0.2) is 0 Å². The molecule has 1 unspecified atom stereocenters. The minimum absolute atomic E-state index is 0.0526. The number of nitrogens with one attached hydrogen (secondary N) is 1. The predicted molar refractivity (Wildman–Crippen MR) is 72.3 cm³/mol. The number of benzene rings is 1. The fourth-order valence-electron chi connectivity index (χ4n) is 2.05. The summed E-state index contributed by atoms with van der Waals surface area (Å²) >= 11 is 1.97. The summed E-state index contributed by atoms with van der Waals surface area (Å²) in [6.07, 6.45) is 3.52. The van der Waals surface area contributed by atoms with Crippen molar-refractivity contribution in [2.75, 3.05) is 12.3 Å². The van der Waals surface area contributed by atoms with E-state index in [-0.39, 0.29) is 6.04 Å². The Kier molecular flexibility index (Phi) is 4.47. The van der Waals surface area contributed by atoms with Crippen LogP contribution in [0, 0.1) is 11.3 Å². The molecule has 1 aliphatic heterocycles. The van der Waals surface area contributed by atoms with Crippen molar-refractivity contribution in [3.8, 4) is 6.07 Å². The molecular formula is C14H18N2S. The average molecular weight is 246 g/mol. The second-order valence-electron chi connectivity index (χ2n) is 4.45. The third-order valence-electron chi connectivity index (χ3n) is 3.03. The van der Waals surface area contributed by atoms with E-state index in [9.17, 15) is 0 Å². The van der Waals surface area contributed by atoms with E-state index < -0.39 is 0 Å². The molecule has 1 heterocycles. The van der Waals surface area contributed by atoms with Crippen LogP contribution in [0.25, 0.3) is 0 Å². The van der Waals surface area contributed by atoms with Crippen LogP contribution in [0.15, 0.2) is 23.1 Å². The SMILES string of the molecule is CC(C#N)NCCc1ccc2c(c1)CCCS2. The average Bonchev–Trinajstić information content (AvgIpc) is 2.38. The van der Waals surface area contributed by atoms with Crippen LogP contribution in [0.3, 0.4) is 0 Å². The van der Waals surface area contributed by atoms with Crippen molar-refractivity contribution in [2.24, 2.45) is 0 Å². The highest BCUT2D eigenvalue weighted by Crippen LogP contribution is 2.30. The van der Waals surface area contributed by atoms with Crippen molar-refractivity contribution in [3.05, 3.63) is 29.3 Å². The molecule has 1 aromatic carbocycles. The van der Waals surface area contributed by atoms with E-state index >= 15 is 0 Å². The summed E-state index contributed by atoms with van der Waals surface area (Å²) in [5.41, 5.74) is 2.89. The molecule has 0 spiro atoms. The van der Waals surface area contributed by atoms with Crippen LogP contribution >= 0.6 is 11.8 Å². The van der Waals surface area contributed by atoms with Gasteiger partial charge in [-0.05, 0) is 49.1 Å². The fourth-order valence-corrected chi connectivity index (χ4v) is 3.07. The molecule has 0 aromatic heterocycles. The van der Waals surface area contributed by atoms with Gasteiger partial charge in [0.15, 0.2) is 0 Å². The molecule has 2 nitrogen and oxygen atoms in total. The van der Waals surface area contributed by atoms with Crippen molar-refractivity contribution < 1.29 is 0 Å². The number of hydrogen-bond donors (Lipinski definition) is 1. The third kappa shape index (κ3) is 3.49. The van der Waals surface area contributed by atoms with Gasteiger partial charge in [-0.2, -0.15) is 5.26 Å². The first-order chi connectivity index (χ1) is 8.29. The van der Waals surface area contributed by atoms with Crippen molar-refractivity contribution in [1.82, 2.24) is 5.32 Å². The molecule has 0 amide bonds. The van der Waals surface area contributed by atoms with Crippen LogP contribution in [-0.4, -0.2) is 18.3 Å². The topological polar surface area (TPSA) is 35.8 Å². The Morgan fingerprint density at radius 3 is 3.24 bits per heavy atom. The molecule has 1 N–H and O–H groups in total. The molecule has 3 heteroatoms. The lowest BCUT2D eigenvalue weighted by molar-refractivity contribution is 0.640. The Bertz CT molecular complexity index is 423. The van der Waals surface area contributed by atoms with Crippen LogP contribution < -0.4 is 5.32 Å². The van der Waals surface area contributed by atoms with Gasteiger partial charge in [0, 0.05) is 11.4 Å². The maximum Gasteiger partial charge on any atom is 0.0924 e. The van der Waals surface area contributed by atoms with Gasteiger partial charge in [-0.1, -0.05) is 12.1 Å². The van der Waals surface area contributed by atoms with E-state index in [2.05, 4.69) is 29.6 Å². The number of nitriles is 1. The van der Waals surface area contributed by atoms with Crippen LogP contribution in [-0.2, 0) is 12.8 Å². The third-order valence-corrected chi connectivity index (χ3v) is 4.23. The normalized spacial score (nSPS) is 16.0. The largest absolute Gasteiger partial charge is 0.302 e. The van der Waals surface area contributed by atoms with Gasteiger partial charge in [0.25, 0.3) is 0 Å². The van der Waals surface area contributed by atoms with E-state index in [4.69, 9.17) is 5.26 Å². The molecule has 0 saturated carbocycles. The van der Waals surface area contributed by atoms with Crippen molar-refractivity contribution in [3.63, 3.8) is 0 Å². The monoisotopic (exact) mass is 246 g/mol. The van der Waals surface area contributed by atoms with E-state index in [0.717, 1.165) is 13.0 Å². The fraction of sp³-hybridized carbons (Fsp3) is 0.500. The summed E-state index contributed by atoms with van der Waals surface area (Å²) in [7, 11) is 0. The van der Waals surface area contributed by atoms with Gasteiger partial charge in [0.1, 0.15) is 0 Å². The molecule has 1 aliphatic rings. The molecule has 0 aliphatic carbocycles. The lowest BCUT2D eigenvalue weighted by Gasteiger charge is -2.16. The van der Waals surface area contributed by atoms with E-state index in [1.54, 1.807) is 0 Å². The first-order valence-electron chi connectivity index (χ1n) is 6.17. The number of aryl methyl sites for hydroxylation is 1. The Labute approximate surface area is 107 Å². The molecule has 17 heavy (non-hydrogen) atoms. The van der Waals surface area contributed by atoms with Crippen LogP contribution in [0.2, 0.25) is 0 Å². The summed E-state index contributed by atoms with van der Waals surface area (Å²) in [4.78, 5) is 1.46. The zero-order valence-electron chi connectivity index (χ0n) is 10.2. The second kappa shape index (κ2) is 6.09. The van der Waals surface area contributed by atoms with E-state index in [1.165, 1.54) is 34.6 Å². The van der Waals surface area contributed by atoms with Gasteiger partial charge in [0.2, 0.25) is 0 Å². The molecule has 0 saturated heterocycles. The molecule has 0 bridgehead atoms. The van der Waals surface area contributed by atoms with Crippen molar-refractivity contribution >= 4 is 11.8 Å². The van der Waals surface area contributed by atoms with Crippen molar-refractivity contribution in [2.45, 2.75) is 37.1 Å². The highest BCUT2D eigenvalue weighted by Gasteiger charge is 2.09. The number of thioether (sulfide) groups is 1. The van der Waals surface area contributed by atoms with Crippen LogP contribution in [0.4, 0.5) is 0 Å². The van der Waals surface area contributed by atoms with Crippen LogP contribution in [0.1, 0.15) is 24.5 Å². The molecule has 1 aromatic rings. The number of hydrogen-bond acceptors (Lipinski definition) is 3. The maximum absolute atomic E-state index is 8.67. The molecule has 1 atom stereocenters. The Hall–Kier alpha value is -0.980. The first kappa shape index (κ1) is 12.5. The minimum Gasteiger partial charge on any atom is -0.302 e. The Morgan fingerprint density at radius 1 is 1.53 bits per heavy atom. The standard InChI is InChI=1S/C14H18N2S/c1-11(10-15)16-7-6-12-4-5-14-13(9-12)3-2-8-17-14/h4-5,9,11,16H,2-3,6-8H2,1H3. The van der Waals surface area contributed by atoms with Gasteiger partial charge in [0.05, 0.1) is 12.1 Å². The second-order valence-corrected chi connectivity index (χ2v) is 5.59. The molecule has 2 rings (SSSR count). The van der Waals surface area contributed by atoms with Gasteiger partial charge in [-0.3, -0.25) is 0 Å². The first-order valence-corrected chi connectivity index (χ1v) is 7.16. The summed E-state index contributed by atoms with van der Waals surface area (Å²) in [6.45, 7) is 2.77. The quantitative estimate of drug-likeness (QED) is 0.887. The summed E-state index contributed by atoms with van der Waals surface area (Å²) < 4.78 is 0. The number of rotatable bonds is 4. The van der Waals surface area contributed by atoms with Crippen molar-refractivity contribution in [1.29, 1.82) is 5.26 Å². The smallest absolute Gasteiger partial charge is 0.0924 e. The highest BCUT2D eigenvalue weighted by molar-refractivity contribution is 7.99. The summed E-state index contributed by atoms with van der Waals surface area (Å²) in [5, 5.41) is 11.9. The van der Waals surface area contributed by atoms with Gasteiger partial charge >= 0.3 is 0 Å². The number of nitrogens with zero attached hydrogens (tertiary/aromatic N) is 1. The molecule has 0 fully saturated rings. The summed E-state index contributed by atoms with van der Waals surface area (Å²) in [5.74, 6) is 1.26. The zero-order valence-corrected chi connectivity index (χ0v) is 11.0. The Balaban J connectivity index is 1.91. The molecule has 90 valence electrons. The zero-order chi connectivity index (χ0) is 12.1. The lowest BCUT2D eigenvalue weighted by atomic mass is 10.0. The van der Waals surface area contributed by atoms with Gasteiger partial charge in [-0.15, -0.1) is 11.8 Å². The minimum atomic E-state index is -0.0526. The predicted octanol–water partition coefficient (Wildman–Crippen LogP) is 2.77.